The molecular weight excluding hydrogens is 354 g/mol. The number of thiophene rings is 1. The molecule has 2 heterocycles. The van der Waals surface area contributed by atoms with E-state index in [-0.39, 0.29) is 30.4 Å². The molecule has 1 saturated heterocycles. The van der Waals surface area contributed by atoms with Gasteiger partial charge in [-0.15, -0.1) is 11.3 Å². The Morgan fingerprint density at radius 2 is 2.14 bits per heavy atom. The average Bonchev–Trinajstić information content (AvgIpc) is 2.82. The maximum Gasteiger partial charge on any atom is 0.246 e. The Bertz CT molecular complexity index is 558. The molecule has 0 radical (unpaired) electrons. The summed E-state index contributed by atoms with van der Waals surface area (Å²) in [6.45, 7) is 5.84. The van der Waals surface area contributed by atoms with Crippen LogP contribution in [0.5, 0.6) is 0 Å². The molecule has 0 spiro atoms. The first-order valence-electron chi connectivity index (χ1n) is 6.89. The summed E-state index contributed by atoms with van der Waals surface area (Å²) in [5, 5.41) is 2.40. The van der Waals surface area contributed by atoms with Crippen LogP contribution in [0.15, 0.2) is 15.9 Å². The maximum absolute atomic E-state index is 12.2. The van der Waals surface area contributed by atoms with Crippen LogP contribution < -0.4 is 11.1 Å². The van der Waals surface area contributed by atoms with E-state index in [2.05, 4.69) is 21.2 Å². The number of nitrogens with zero attached hydrogens (tertiary/aromatic N) is 1. The molecular formula is C14H20BrN3O2S. The third-order valence-corrected chi connectivity index (χ3v) is 5.63. The van der Waals surface area contributed by atoms with Crippen molar-refractivity contribution in [1.29, 1.82) is 0 Å². The summed E-state index contributed by atoms with van der Waals surface area (Å²) in [5.41, 5.74) is 5.53. The lowest BCUT2D eigenvalue weighted by molar-refractivity contribution is -0.147. The zero-order chi connectivity index (χ0) is 15.8. The molecule has 7 heteroatoms. The molecule has 1 aromatic rings. The molecule has 2 unspecified atom stereocenters. The second-order valence-corrected chi connectivity index (χ2v) is 8.22. The standard InChI is InChI=1S/C14H20BrN3O2S/c1-4-8(16)12(9-5-6-10(15)21-9)18-7-11(19)17-13(20)14(18,2)3/h5-6,8,12H,4,7,16H2,1-3H3,(H,17,19,20). The van der Waals surface area contributed by atoms with E-state index >= 15 is 0 Å². The van der Waals surface area contributed by atoms with E-state index in [1.54, 1.807) is 11.3 Å². The van der Waals surface area contributed by atoms with Gasteiger partial charge < -0.3 is 5.73 Å². The van der Waals surface area contributed by atoms with Gasteiger partial charge in [0, 0.05) is 10.9 Å². The summed E-state index contributed by atoms with van der Waals surface area (Å²) in [4.78, 5) is 27.0. The van der Waals surface area contributed by atoms with Crippen LogP contribution in [-0.4, -0.2) is 34.8 Å². The molecule has 2 amide bonds. The van der Waals surface area contributed by atoms with Crippen LogP contribution in [0, 0.1) is 0 Å². The highest BCUT2D eigenvalue weighted by atomic mass is 79.9. The lowest BCUT2D eigenvalue weighted by Gasteiger charge is -2.46. The number of piperazine rings is 1. The number of nitrogens with one attached hydrogen (secondary N) is 1. The SMILES string of the molecule is CCC(N)C(c1ccc(Br)s1)N1CC(=O)NC(=O)C1(C)C. The molecule has 5 nitrogen and oxygen atoms in total. The summed E-state index contributed by atoms with van der Waals surface area (Å²) >= 11 is 5.05. The molecule has 0 bridgehead atoms. The number of amides is 2. The zero-order valence-electron chi connectivity index (χ0n) is 12.4. The van der Waals surface area contributed by atoms with Gasteiger partial charge in [0.1, 0.15) is 0 Å². The molecule has 1 aromatic heterocycles. The summed E-state index contributed by atoms with van der Waals surface area (Å²) in [6, 6.07) is 3.67. The second-order valence-electron chi connectivity index (χ2n) is 5.72. The first kappa shape index (κ1) is 16.6. The summed E-state index contributed by atoms with van der Waals surface area (Å²) < 4.78 is 1.01. The second kappa shape index (κ2) is 6.16. The molecule has 21 heavy (non-hydrogen) atoms. The Morgan fingerprint density at radius 3 is 2.67 bits per heavy atom. The molecule has 0 saturated carbocycles. The first-order valence-corrected chi connectivity index (χ1v) is 8.50. The number of nitrogens with two attached hydrogens (primary N) is 1. The Morgan fingerprint density at radius 1 is 1.48 bits per heavy atom. The fraction of sp³-hybridized carbons (Fsp3) is 0.571. The number of hydrogen-bond acceptors (Lipinski definition) is 5. The Balaban J connectivity index is 2.44. The van der Waals surface area contributed by atoms with Crippen molar-refractivity contribution >= 4 is 39.1 Å². The zero-order valence-corrected chi connectivity index (χ0v) is 14.8. The topological polar surface area (TPSA) is 75.4 Å². The molecule has 0 aromatic carbocycles. The molecule has 3 N–H and O–H groups in total. The molecule has 116 valence electrons. The van der Waals surface area contributed by atoms with Crippen molar-refractivity contribution in [3.8, 4) is 0 Å². The van der Waals surface area contributed by atoms with Gasteiger partial charge in [-0.25, -0.2) is 0 Å². The summed E-state index contributed by atoms with van der Waals surface area (Å²) in [7, 11) is 0. The highest BCUT2D eigenvalue weighted by Crippen LogP contribution is 2.37. The van der Waals surface area contributed by atoms with Crippen molar-refractivity contribution in [3.63, 3.8) is 0 Å². The number of halogens is 1. The van der Waals surface area contributed by atoms with Gasteiger partial charge in [0.2, 0.25) is 11.8 Å². The van der Waals surface area contributed by atoms with Crippen molar-refractivity contribution in [3.05, 3.63) is 20.8 Å². The number of carbonyl (C=O) groups excluding carboxylic acids is 2. The maximum atomic E-state index is 12.2. The highest BCUT2D eigenvalue weighted by Gasteiger charge is 2.46. The average molecular weight is 374 g/mol. The van der Waals surface area contributed by atoms with Crippen molar-refractivity contribution in [1.82, 2.24) is 10.2 Å². The van der Waals surface area contributed by atoms with E-state index < -0.39 is 5.54 Å². The van der Waals surface area contributed by atoms with Crippen LogP contribution in [0.4, 0.5) is 0 Å². The van der Waals surface area contributed by atoms with E-state index in [4.69, 9.17) is 5.73 Å². The molecule has 2 atom stereocenters. The Labute approximate surface area is 137 Å². The smallest absolute Gasteiger partial charge is 0.246 e. The molecule has 1 aliphatic rings. The number of imide groups is 1. The van der Waals surface area contributed by atoms with Crippen molar-refractivity contribution in [2.75, 3.05) is 6.54 Å². The van der Waals surface area contributed by atoms with Gasteiger partial charge in [0.05, 0.1) is 21.9 Å². The van der Waals surface area contributed by atoms with Gasteiger partial charge in [-0.3, -0.25) is 19.8 Å². The van der Waals surface area contributed by atoms with E-state index in [9.17, 15) is 9.59 Å². The van der Waals surface area contributed by atoms with E-state index in [0.717, 1.165) is 15.1 Å². The monoisotopic (exact) mass is 373 g/mol. The van der Waals surface area contributed by atoms with E-state index in [0.29, 0.717) is 0 Å². The predicted octanol–water partition coefficient (Wildman–Crippen LogP) is 2.03. The minimum absolute atomic E-state index is 0.145. The summed E-state index contributed by atoms with van der Waals surface area (Å²) in [5.74, 6) is -0.550. The quantitative estimate of drug-likeness (QED) is 0.791. The van der Waals surface area contributed by atoms with Gasteiger partial charge in [-0.05, 0) is 48.3 Å². The molecule has 0 aliphatic carbocycles. The fourth-order valence-corrected chi connectivity index (χ4v) is 4.17. The van der Waals surface area contributed by atoms with Gasteiger partial charge in [-0.1, -0.05) is 6.92 Å². The first-order chi connectivity index (χ1) is 9.77. The van der Waals surface area contributed by atoms with Gasteiger partial charge >= 0.3 is 0 Å². The van der Waals surface area contributed by atoms with Crippen molar-refractivity contribution in [2.45, 2.75) is 44.8 Å². The van der Waals surface area contributed by atoms with Crippen LogP contribution in [0.2, 0.25) is 0 Å². The van der Waals surface area contributed by atoms with Gasteiger partial charge in [0.25, 0.3) is 0 Å². The Hall–Kier alpha value is -0.760. The highest BCUT2D eigenvalue weighted by molar-refractivity contribution is 9.11. The minimum atomic E-state index is -0.776. The number of rotatable bonds is 4. The molecule has 2 rings (SSSR count). The van der Waals surface area contributed by atoms with Gasteiger partial charge in [0.15, 0.2) is 0 Å². The lowest BCUT2D eigenvalue weighted by atomic mass is 9.92. The van der Waals surface area contributed by atoms with Crippen molar-refractivity contribution in [2.24, 2.45) is 5.73 Å². The van der Waals surface area contributed by atoms with E-state index in [1.807, 2.05) is 37.8 Å². The van der Waals surface area contributed by atoms with Gasteiger partial charge in [-0.2, -0.15) is 0 Å². The fourth-order valence-electron chi connectivity index (χ4n) is 2.55. The normalized spacial score (nSPS) is 22.0. The largest absolute Gasteiger partial charge is 0.326 e. The minimum Gasteiger partial charge on any atom is -0.326 e. The van der Waals surface area contributed by atoms with Crippen LogP contribution >= 0.6 is 27.3 Å². The lowest BCUT2D eigenvalue weighted by Crippen LogP contribution is -2.66. The van der Waals surface area contributed by atoms with Crippen LogP contribution in [0.3, 0.4) is 0 Å². The number of hydrogen-bond donors (Lipinski definition) is 2. The summed E-state index contributed by atoms with van der Waals surface area (Å²) in [6.07, 6.45) is 0.766. The molecule has 1 fully saturated rings. The third kappa shape index (κ3) is 3.21. The Kier molecular flexibility index (Phi) is 4.87. The predicted molar refractivity (Wildman–Crippen MR) is 87.0 cm³/mol. The van der Waals surface area contributed by atoms with Crippen molar-refractivity contribution < 1.29 is 9.59 Å². The molecule has 1 aliphatic heterocycles. The van der Waals surface area contributed by atoms with Crippen LogP contribution in [-0.2, 0) is 9.59 Å². The van der Waals surface area contributed by atoms with Crippen LogP contribution in [0.1, 0.15) is 38.1 Å². The third-order valence-electron chi connectivity index (χ3n) is 3.94. The van der Waals surface area contributed by atoms with E-state index in [1.165, 1.54) is 0 Å². The van der Waals surface area contributed by atoms with Crippen LogP contribution in [0.25, 0.3) is 0 Å². The number of carbonyl (C=O) groups is 2.